The molecule has 0 spiro atoms. The minimum absolute atomic E-state index is 0.115. The van der Waals surface area contributed by atoms with Crippen molar-refractivity contribution < 1.29 is 18.7 Å². The molecule has 0 aliphatic heterocycles. The van der Waals surface area contributed by atoms with Crippen molar-refractivity contribution in [2.75, 3.05) is 17.7 Å². The fraction of sp³-hybridized carbons (Fsp3) is 0.222. The molecule has 0 bridgehead atoms. The number of carbonyl (C=O) groups excluding carboxylic acids is 2. The number of rotatable bonds is 5. The third-order valence-corrected chi connectivity index (χ3v) is 3.93. The number of ether oxygens (including phenoxy) is 1. The van der Waals surface area contributed by atoms with E-state index >= 15 is 0 Å². The van der Waals surface area contributed by atoms with E-state index in [1.54, 1.807) is 25.1 Å². The van der Waals surface area contributed by atoms with Gasteiger partial charge < -0.3 is 15.4 Å². The predicted molar refractivity (Wildman–Crippen MR) is 95.6 cm³/mol. The molecule has 132 valence electrons. The maximum absolute atomic E-state index is 13.1. The van der Waals surface area contributed by atoms with Crippen molar-refractivity contribution in [2.45, 2.75) is 19.9 Å². The molecule has 1 atom stereocenters. The Balaban J connectivity index is 2.12. The molecule has 0 radical (unpaired) electrons. The molecule has 0 unspecified atom stereocenters. The van der Waals surface area contributed by atoms with Gasteiger partial charge in [-0.1, -0.05) is 17.7 Å². The number of aryl methyl sites for hydroxylation is 1. The van der Waals surface area contributed by atoms with Gasteiger partial charge in [-0.05, 0) is 49.7 Å². The number of hydrogen-bond donors (Lipinski definition) is 2. The summed E-state index contributed by atoms with van der Waals surface area (Å²) in [4.78, 5) is 24.0. The normalized spacial score (nSPS) is 11.6. The van der Waals surface area contributed by atoms with E-state index in [1.807, 2.05) is 6.92 Å². The van der Waals surface area contributed by atoms with Crippen LogP contribution in [0, 0.1) is 12.7 Å². The van der Waals surface area contributed by atoms with E-state index in [2.05, 4.69) is 10.6 Å². The smallest absolute Gasteiger partial charge is 0.337 e. The van der Waals surface area contributed by atoms with Crippen LogP contribution in [0.2, 0.25) is 5.02 Å². The van der Waals surface area contributed by atoms with Crippen LogP contribution < -0.4 is 10.6 Å². The number of anilines is 2. The molecule has 0 heterocycles. The second kappa shape index (κ2) is 7.98. The van der Waals surface area contributed by atoms with E-state index in [0.29, 0.717) is 16.9 Å². The summed E-state index contributed by atoms with van der Waals surface area (Å²) in [7, 11) is 1.30. The van der Waals surface area contributed by atoms with Crippen LogP contribution in [0.1, 0.15) is 22.8 Å². The molecule has 0 aromatic heterocycles. The van der Waals surface area contributed by atoms with Gasteiger partial charge in [0.05, 0.1) is 23.4 Å². The van der Waals surface area contributed by atoms with Crippen molar-refractivity contribution in [2.24, 2.45) is 0 Å². The molecule has 2 N–H and O–H groups in total. The molecule has 25 heavy (non-hydrogen) atoms. The Labute approximate surface area is 150 Å². The molecule has 0 saturated carbocycles. The molecule has 2 aromatic rings. The molecular formula is C18H18ClFN2O3. The Morgan fingerprint density at radius 2 is 1.88 bits per heavy atom. The summed E-state index contributed by atoms with van der Waals surface area (Å²) in [6.07, 6.45) is 0. The van der Waals surface area contributed by atoms with Gasteiger partial charge in [0.15, 0.2) is 0 Å². The first-order valence-electron chi connectivity index (χ1n) is 7.53. The molecule has 2 rings (SSSR count). The summed E-state index contributed by atoms with van der Waals surface area (Å²) in [5.74, 6) is -1.29. The van der Waals surface area contributed by atoms with Crippen molar-refractivity contribution >= 4 is 34.9 Å². The van der Waals surface area contributed by atoms with Crippen LogP contribution in [-0.2, 0) is 9.53 Å². The summed E-state index contributed by atoms with van der Waals surface area (Å²) >= 11 is 5.91. The van der Waals surface area contributed by atoms with Gasteiger partial charge in [-0.2, -0.15) is 0 Å². The second-order valence-electron chi connectivity index (χ2n) is 5.50. The van der Waals surface area contributed by atoms with Crippen LogP contribution in [0.15, 0.2) is 36.4 Å². The highest BCUT2D eigenvalue weighted by Gasteiger charge is 2.16. The van der Waals surface area contributed by atoms with E-state index < -0.39 is 17.8 Å². The Morgan fingerprint density at radius 1 is 1.16 bits per heavy atom. The Bertz CT molecular complexity index is 811. The molecule has 2 aromatic carbocycles. The number of carbonyl (C=O) groups is 2. The van der Waals surface area contributed by atoms with Crippen molar-refractivity contribution in [3.63, 3.8) is 0 Å². The van der Waals surface area contributed by atoms with Gasteiger partial charge in [0.1, 0.15) is 11.9 Å². The van der Waals surface area contributed by atoms with E-state index in [4.69, 9.17) is 16.3 Å². The third-order valence-electron chi connectivity index (χ3n) is 3.61. The van der Waals surface area contributed by atoms with Gasteiger partial charge in [-0.25, -0.2) is 9.18 Å². The van der Waals surface area contributed by atoms with Gasteiger partial charge in [-0.15, -0.1) is 0 Å². The van der Waals surface area contributed by atoms with Crippen LogP contribution in [0.4, 0.5) is 15.8 Å². The summed E-state index contributed by atoms with van der Waals surface area (Å²) < 4.78 is 17.8. The number of esters is 1. The quantitative estimate of drug-likeness (QED) is 0.786. The lowest BCUT2D eigenvalue weighted by molar-refractivity contribution is -0.116. The molecule has 0 aliphatic rings. The first-order chi connectivity index (χ1) is 11.8. The van der Waals surface area contributed by atoms with Crippen molar-refractivity contribution in [3.8, 4) is 0 Å². The number of hydrogen-bond acceptors (Lipinski definition) is 4. The fourth-order valence-electron chi connectivity index (χ4n) is 2.15. The van der Waals surface area contributed by atoms with E-state index in [0.717, 1.165) is 11.6 Å². The maximum Gasteiger partial charge on any atom is 0.337 e. The fourth-order valence-corrected chi connectivity index (χ4v) is 2.37. The highest BCUT2D eigenvalue weighted by molar-refractivity contribution is 6.33. The van der Waals surface area contributed by atoms with E-state index in [1.165, 1.54) is 19.2 Å². The lowest BCUT2D eigenvalue weighted by atomic mass is 10.1. The summed E-state index contributed by atoms with van der Waals surface area (Å²) in [6, 6.07) is 8.14. The number of nitrogens with one attached hydrogen (secondary N) is 2. The zero-order valence-electron chi connectivity index (χ0n) is 14.0. The number of halogens is 2. The second-order valence-corrected chi connectivity index (χ2v) is 5.91. The van der Waals surface area contributed by atoms with Crippen LogP contribution in [0.25, 0.3) is 0 Å². The monoisotopic (exact) mass is 364 g/mol. The molecular weight excluding hydrogens is 347 g/mol. The highest BCUT2D eigenvalue weighted by atomic mass is 35.5. The number of methoxy groups -OCH3 is 1. The Hall–Kier alpha value is -2.60. The zero-order chi connectivity index (χ0) is 18.6. The van der Waals surface area contributed by atoms with E-state index in [-0.39, 0.29) is 10.9 Å². The van der Waals surface area contributed by atoms with Gasteiger partial charge in [0.25, 0.3) is 0 Å². The average Bonchev–Trinajstić information content (AvgIpc) is 2.58. The molecule has 7 heteroatoms. The summed E-state index contributed by atoms with van der Waals surface area (Å²) in [5, 5.41) is 5.79. The maximum atomic E-state index is 13.1. The van der Waals surface area contributed by atoms with Crippen LogP contribution in [0.5, 0.6) is 0 Å². The summed E-state index contributed by atoms with van der Waals surface area (Å²) in [6.45, 7) is 3.52. The summed E-state index contributed by atoms with van der Waals surface area (Å²) in [5.41, 5.74) is 2.20. The molecule has 0 saturated heterocycles. The van der Waals surface area contributed by atoms with Crippen molar-refractivity contribution in [1.29, 1.82) is 0 Å². The highest BCUT2D eigenvalue weighted by Crippen LogP contribution is 2.23. The first kappa shape index (κ1) is 18.7. The third kappa shape index (κ3) is 4.70. The SMILES string of the molecule is COC(=O)c1ccc(C)c(N[C@@H](C)C(=O)Nc2ccc(F)cc2Cl)c1. The van der Waals surface area contributed by atoms with Gasteiger partial charge in [-0.3, -0.25) is 4.79 Å². The topological polar surface area (TPSA) is 67.4 Å². The van der Waals surface area contributed by atoms with Crippen molar-refractivity contribution in [1.82, 2.24) is 0 Å². The van der Waals surface area contributed by atoms with Crippen LogP contribution in [-0.4, -0.2) is 25.0 Å². The molecule has 1 amide bonds. The molecule has 0 aliphatic carbocycles. The lowest BCUT2D eigenvalue weighted by Crippen LogP contribution is -2.32. The predicted octanol–water partition coefficient (Wildman–Crippen LogP) is 4.01. The Morgan fingerprint density at radius 3 is 2.52 bits per heavy atom. The minimum Gasteiger partial charge on any atom is -0.465 e. The number of amides is 1. The standard InChI is InChI=1S/C18H18ClFN2O3/c1-10-4-5-12(18(24)25-3)8-16(10)21-11(2)17(23)22-15-7-6-13(20)9-14(15)19/h4-9,11,21H,1-3H3,(H,22,23)/t11-/m0/s1. The number of benzene rings is 2. The van der Waals surface area contributed by atoms with Crippen LogP contribution in [0.3, 0.4) is 0 Å². The zero-order valence-corrected chi connectivity index (χ0v) is 14.8. The minimum atomic E-state index is -0.618. The van der Waals surface area contributed by atoms with Crippen molar-refractivity contribution in [3.05, 3.63) is 58.4 Å². The van der Waals surface area contributed by atoms with Gasteiger partial charge >= 0.3 is 5.97 Å². The Kier molecular flexibility index (Phi) is 5.98. The molecule has 0 fully saturated rings. The molecule has 5 nitrogen and oxygen atoms in total. The van der Waals surface area contributed by atoms with Crippen LogP contribution >= 0.6 is 11.6 Å². The lowest BCUT2D eigenvalue weighted by Gasteiger charge is -2.18. The van der Waals surface area contributed by atoms with Gasteiger partial charge in [0, 0.05) is 5.69 Å². The first-order valence-corrected chi connectivity index (χ1v) is 7.91. The largest absolute Gasteiger partial charge is 0.465 e. The average molecular weight is 365 g/mol. The van der Waals surface area contributed by atoms with E-state index in [9.17, 15) is 14.0 Å². The van der Waals surface area contributed by atoms with Gasteiger partial charge in [0.2, 0.25) is 5.91 Å².